The van der Waals surface area contributed by atoms with Crippen LogP contribution in [0.2, 0.25) is 0 Å². The maximum Gasteiger partial charge on any atom is 0.242 e. The van der Waals surface area contributed by atoms with E-state index in [-0.39, 0.29) is 18.4 Å². The van der Waals surface area contributed by atoms with Crippen LogP contribution in [0, 0.1) is 0 Å². The van der Waals surface area contributed by atoms with Crippen LogP contribution in [0.15, 0.2) is 42.6 Å². The Morgan fingerprint density at radius 1 is 0.923 bits per heavy atom. The highest BCUT2D eigenvalue weighted by Crippen LogP contribution is 2.21. The van der Waals surface area contributed by atoms with Crippen LogP contribution in [0.25, 0.3) is 0 Å². The second-order valence-corrected chi connectivity index (χ2v) is 11.3. The van der Waals surface area contributed by atoms with E-state index in [4.69, 9.17) is 9.47 Å². The van der Waals surface area contributed by atoms with Gasteiger partial charge in [0.1, 0.15) is 5.75 Å². The summed E-state index contributed by atoms with van der Waals surface area (Å²) in [5.74, 6) is 0.849. The maximum absolute atomic E-state index is 13.7. The highest BCUT2D eigenvalue weighted by molar-refractivity contribution is 5.85. The summed E-state index contributed by atoms with van der Waals surface area (Å²) in [7, 11) is 3.33. The average Bonchev–Trinajstić information content (AvgIpc) is 3.34. The van der Waals surface area contributed by atoms with Crippen molar-refractivity contribution in [2.24, 2.45) is 0 Å². The van der Waals surface area contributed by atoms with Gasteiger partial charge in [-0.3, -0.25) is 9.59 Å². The fraction of sp³-hybridized carbons (Fsp3) is 0.625. The first kappa shape index (κ1) is 32.4. The van der Waals surface area contributed by atoms with E-state index in [1.807, 2.05) is 56.1 Å². The molecule has 0 spiro atoms. The van der Waals surface area contributed by atoms with Crippen molar-refractivity contribution in [3.05, 3.63) is 53.9 Å². The number of carbonyl (C=O) groups excluding carboxylic acids is 2. The molecule has 0 bridgehead atoms. The van der Waals surface area contributed by atoms with Crippen LogP contribution in [0.1, 0.15) is 90.3 Å². The number of aromatic nitrogens is 1. The van der Waals surface area contributed by atoms with Crippen molar-refractivity contribution in [2.45, 2.75) is 97.7 Å². The molecule has 1 aromatic carbocycles. The number of benzene rings is 1. The van der Waals surface area contributed by atoms with Crippen molar-refractivity contribution in [3.63, 3.8) is 0 Å². The molecule has 0 saturated carbocycles. The first-order valence-corrected chi connectivity index (χ1v) is 14.5. The highest BCUT2D eigenvalue weighted by atomic mass is 16.5. The van der Waals surface area contributed by atoms with Crippen LogP contribution in [0.5, 0.6) is 5.75 Å². The molecule has 0 saturated heterocycles. The molecule has 218 valence electrons. The lowest BCUT2D eigenvalue weighted by Crippen LogP contribution is -2.50. The van der Waals surface area contributed by atoms with E-state index in [9.17, 15) is 9.59 Å². The van der Waals surface area contributed by atoms with Crippen molar-refractivity contribution in [1.29, 1.82) is 0 Å². The van der Waals surface area contributed by atoms with Crippen molar-refractivity contribution < 1.29 is 19.1 Å². The van der Waals surface area contributed by atoms with Gasteiger partial charge in [0, 0.05) is 50.7 Å². The summed E-state index contributed by atoms with van der Waals surface area (Å²) in [6.45, 7) is 10.7. The van der Waals surface area contributed by atoms with E-state index in [1.54, 1.807) is 19.1 Å². The molecule has 2 aromatic rings. The Morgan fingerprint density at radius 2 is 1.67 bits per heavy atom. The first-order chi connectivity index (χ1) is 18.7. The Hall–Kier alpha value is -2.80. The average molecular weight is 542 g/mol. The SMILES string of the molecule is CCCCCCCCC(=O)N(CCCOC)CC(=O)N(Cc1cccn1Cc1cccc(OC)c1)C(C)(C)C. The van der Waals surface area contributed by atoms with Gasteiger partial charge in [-0.15, -0.1) is 0 Å². The fourth-order valence-electron chi connectivity index (χ4n) is 4.73. The van der Waals surface area contributed by atoms with Gasteiger partial charge in [-0.05, 0) is 63.4 Å². The summed E-state index contributed by atoms with van der Waals surface area (Å²) in [6.07, 6.45) is 10.0. The van der Waals surface area contributed by atoms with Crippen molar-refractivity contribution in [2.75, 3.05) is 33.9 Å². The molecule has 0 aliphatic carbocycles. The minimum absolute atomic E-state index is 0.0367. The predicted molar refractivity (Wildman–Crippen MR) is 158 cm³/mol. The molecule has 1 aromatic heterocycles. The van der Waals surface area contributed by atoms with Gasteiger partial charge in [0.15, 0.2) is 0 Å². The molecule has 1 heterocycles. The van der Waals surface area contributed by atoms with Crippen LogP contribution in [0.4, 0.5) is 0 Å². The van der Waals surface area contributed by atoms with Crippen LogP contribution in [-0.4, -0.2) is 65.6 Å². The number of hydrogen-bond acceptors (Lipinski definition) is 4. The molecule has 0 unspecified atom stereocenters. The second-order valence-electron chi connectivity index (χ2n) is 11.3. The lowest BCUT2D eigenvalue weighted by atomic mass is 10.0. The largest absolute Gasteiger partial charge is 0.497 e. The third-order valence-corrected chi connectivity index (χ3v) is 7.04. The summed E-state index contributed by atoms with van der Waals surface area (Å²) in [6, 6.07) is 12.1. The van der Waals surface area contributed by atoms with E-state index in [1.165, 1.54) is 19.3 Å². The van der Waals surface area contributed by atoms with E-state index >= 15 is 0 Å². The number of carbonyl (C=O) groups is 2. The third-order valence-electron chi connectivity index (χ3n) is 7.04. The Kier molecular flexibility index (Phi) is 14.1. The Bertz CT molecular complexity index is 995. The number of nitrogens with zero attached hydrogens (tertiary/aromatic N) is 3. The van der Waals surface area contributed by atoms with Crippen LogP contribution >= 0.6 is 0 Å². The van der Waals surface area contributed by atoms with Crippen molar-refractivity contribution in [1.82, 2.24) is 14.4 Å². The standard InChI is InChI=1S/C32H51N3O4/c1-7-8-9-10-11-12-19-30(36)34(21-15-22-38-5)26-31(37)35(32(2,3)4)25-28-17-14-20-33(28)24-27-16-13-18-29(23-27)39-6/h13-14,16-18,20,23H,7-12,15,19,21-22,24-26H2,1-6H3. The third kappa shape index (κ3) is 11.5. The zero-order valence-electron chi connectivity index (χ0n) is 25.2. The molecule has 7 nitrogen and oxygen atoms in total. The normalized spacial score (nSPS) is 11.4. The fourth-order valence-corrected chi connectivity index (χ4v) is 4.73. The molecule has 0 aliphatic heterocycles. The Morgan fingerprint density at radius 3 is 2.36 bits per heavy atom. The summed E-state index contributed by atoms with van der Waals surface area (Å²) in [4.78, 5) is 30.5. The number of methoxy groups -OCH3 is 2. The van der Waals surface area contributed by atoms with Crippen molar-refractivity contribution >= 4 is 11.8 Å². The van der Waals surface area contributed by atoms with E-state index in [0.717, 1.165) is 36.3 Å². The molecular weight excluding hydrogens is 490 g/mol. The summed E-state index contributed by atoms with van der Waals surface area (Å²) in [5.41, 5.74) is 1.78. The zero-order chi connectivity index (χ0) is 28.7. The molecule has 2 rings (SSSR count). The minimum Gasteiger partial charge on any atom is -0.497 e. The van der Waals surface area contributed by atoms with Gasteiger partial charge in [0.25, 0.3) is 0 Å². The maximum atomic E-state index is 13.7. The smallest absolute Gasteiger partial charge is 0.242 e. The van der Waals surface area contributed by atoms with Gasteiger partial charge in [-0.1, -0.05) is 51.2 Å². The van der Waals surface area contributed by atoms with Gasteiger partial charge in [0.2, 0.25) is 11.8 Å². The monoisotopic (exact) mass is 541 g/mol. The number of unbranched alkanes of at least 4 members (excludes halogenated alkanes) is 5. The predicted octanol–water partition coefficient (Wildman–Crippen LogP) is 6.29. The van der Waals surface area contributed by atoms with Gasteiger partial charge in [0.05, 0.1) is 20.2 Å². The first-order valence-electron chi connectivity index (χ1n) is 14.5. The second kappa shape index (κ2) is 17.0. The molecule has 0 fully saturated rings. The number of ether oxygens (including phenoxy) is 2. The van der Waals surface area contributed by atoms with Crippen LogP contribution in [0.3, 0.4) is 0 Å². The number of amides is 2. The molecular formula is C32H51N3O4. The molecule has 0 radical (unpaired) electrons. The topological polar surface area (TPSA) is 64.0 Å². The van der Waals surface area contributed by atoms with E-state index in [2.05, 4.69) is 23.6 Å². The lowest BCUT2D eigenvalue weighted by molar-refractivity contribution is -0.144. The van der Waals surface area contributed by atoms with Gasteiger partial charge < -0.3 is 23.8 Å². The minimum atomic E-state index is -0.400. The summed E-state index contributed by atoms with van der Waals surface area (Å²) in [5, 5.41) is 0. The lowest BCUT2D eigenvalue weighted by Gasteiger charge is -2.37. The Balaban J connectivity index is 2.10. The molecule has 0 atom stereocenters. The highest BCUT2D eigenvalue weighted by Gasteiger charge is 2.29. The van der Waals surface area contributed by atoms with Crippen LogP contribution in [-0.2, 0) is 27.4 Å². The molecule has 7 heteroatoms. The van der Waals surface area contributed by atoms with Gasteiger partial charge in [-0.25, -0.2) is 0 Å². The number of hydrogen-bond donors (Lipinski definition) is 0. The molecule has 2 amide bonds. The van der Waals surface area contributed by atoms with Gasteiger partial charge >= 0.3 is 0 Å². The summed E-state index contributed by atoms with van der Waals surface area (Å²) >= 11 is 0. The van der Waals surface area contributed by atoms with Crippen molar-refractivity contribution in [3.8, 4) is 5.75 Å². The van der Waals surface area contributed by atoms with E-state index in [0.29, 0.717) is 39.1 Å². The van der Waals surface area contributed by atoms with Gasteiger partial charge in [-0.2, -0.15) is 0 Å². The quantitative estimate of drug-likeness (QED) is 0.208. The zero-order valence-corrected chi connectivity index (χ0v) is 25.2. The molecule has 0 aliphatic rings. The van der Waals surface area contributed by atoms with Crippen LogP contribution < -0.4 is 4.74 Å². The number of rotatable bonds is 18. The van der Waals surface area contributed by atoms with E-state index < -0.39 is 5.54 Å². The Labute approximate surface area is 236 Å². The summed E-state index contributed by atoms with van der Waals surface area (Å²) < 4.78 is 12.8. The molecule has 39 heavy (non-hydrogen) atoms. The molecule has 0 N–H and O–H groups in total.